The van der Waals surface area contributed by atoms with Crippen LogP contribution in [-0.4, -0.2) is 60.3 Å². The molecule has 0 aliphatic carbocycles. The summed E-state index contributed by atoms with van der Waals surface area (Å²) < 4.78 is 5.30. The van der Waals surface area contributed by atoms with Crippen LogP contribution in [0.15, 0.2) is 0 Å². The Morgan fingerprint density at radius 1 is 1.47 bits per heavy atom. The minimum absolute atomic E-state index is 0.0294. The minimum atomic E-state index is -0.891. The molecule has 0 saturated carbocycles. The van der Waals surface area contributed by atoms with Gasteiger partial charge < -0.3 is 20.1 Å². The monoisotopic (exact) mass is 270 g/mol. The quantitative estimate of drug-likeness (QED) is 0.759. The molecule has 2 fully saturated rings. The third-order valence-corrected chi connectivity index (χ3v) is 3.96. The molecule has 3 unspecified atom stereocenters. The summed E-state index contributed by atoms with van der Waals surface area (Å²) in [6, 6.07) is -0.516. The van der Waals surface area contributed by atoms with Gasteiger partial charge in [0.1, 0.15) is 0 Å². The van der Waals surface area contributed by atoms with Crippen molar-refractivity contribution in [3.63, 3.8) is 0 Å². The predicted octanol–water partition coefficient (Wildman–Crippen LogP) is 0.0766. The summed E-state index contributed by atoms with van der Waals surface area (Å²) in [5.41, 5.74) is 0. The lowest BCUT2D eigenvalue weighted by Gasteiger charge is -2.39. The molecule has 2 N–H and O–H groups in total. The highest BCUT2D eigenvalue weighted by atomic mass is 16.5. The minimum Gasteiger partial charge on any atom is -0.481 e. The van der Waals surface area contributed by atoms with Crippen molar-refractivity contribution in [1.82, 2.24) is 10.2 Å². The molecule has 6 heteroatoms. The zero-order valence-corrected chi connectivity index (χ0v) is 11.3. The molecule has 2 saturated heterocycles. The lowest BCUT2D eigenvalue weighted by molar-refractivity contribution is -0.148. The number of carbonyl (C=O) groups excluding carboxylic acids is 1. The number of piperidine rings is 1. The van der Waals surface area contributed by atoms with Crippen LogP contribution in [0.5, 0.6) is 0 Å². The number of rotatable bonds is 3. The third kappa shape index (κ3) is 3.45. The highest BCUT2D eigenvalue weighted by Crippen LogP contribution is 2.20. The van der Waals surface area contributed by atoms with Crippen molar-refractivity contribution in [2.45, 2.75) is 38.3 Å². The number of nitrogens with one attached hydrogen (secondary N) is 1. The van der Waals surface area contributed by atoms with Gasteiger partial charge in [-0.2, -0.15) is 0 Å². The van der Waals surface area contributed by atoms with Crippen LogP contribution in [0.4, 0.5) is 0 Å². The van der Waals surface area contributed by atoms with E-state index in [-0.39, 0.29) is 24.4 Å². The Morgan fingerprint density at radius 3 is 2.95 bits per heavy atom. The molecule has 2 heterocycles. The molecule has 2 rings (SSSR count). The topological polar surface area (TPSA) is 78.9 Å². The maximum absolute atomic E-state index is 12.6. The Bertz CT molecular complexity index is 348. The molecule has 0 aromatic heterocycles. The summed E-state index contributed by atoms with van der Waals surface area (Å²) in [5, 5.41) is 12.2. The van der Waals surface area contributed by atoms with Crippen LogP contribution < -0.4 is 5.32 Å². The van der Waals surface area contributed by atoms with Gasteiger partial charge in [0.2, 0.25) is 5.91 Å². The van der Waals surface area contributed by atoms with Crippen molar-refractivity contribution in [2.75, 3.05) is 26.3 Å². The fraction of sp³-hybridized carbons (Fsp3) is 0.846. The average molecular weight is 270 g/mol. The summed E-state index contributed by atoms with van der Waals surface area (Å²) in [4.78, 5) is 25.1. The van der Waals surface area contributed by atoms with Crippen molar-refractivity contribution in [3.8, 4) is 0 Å². The Kier molecular flexibility index (Phi) is 4.76. The van der Waals surface area contributed by atoms with E-state index in [4.69, 9.17) is 9.84 Å². The highest BCUT2D eigenvalue weighted by molar-refractivity contribution is 5.83. The second-order valence-electron chi connectivity index (χ2n) is 5.41. The first-order valence-electron chi connectivity index (χ1n) is 6.93. The molecule has 1 amide bonds. The fourth-order valence-electron chi connectivity index (χ4n) is 2.87. The van der Waals surface area contributed by atoms with Gasteiger partial charge in [0, 0.05) is 6.54 Å². The van der Waals surface area contributed by atoms with Gasteiger partial charge in [0.05, 0.1) is 31.7 Å². The van der Waals surface area contributed by atoms with E-state index >= 15 is 0 Å². The molecule has 0 aromatic carbocycles. The number of hydrogen-bond acceptors (Lipinski definition) is 4. The van der Waals surface area contributed by atoms with Crippen molar-refractivity contribution < 1.29 is 19.4 Å². The summed E-state index contributed by atoms with van der Waals surface area (Å²) in [5.74, 6) is -0.561. The first-order valence-corrected chi connectivity index (χ1v) is 6.93. The number of ether oxygens (including phenoxy) is 1. The molecule has 3 atom stereocenters. The molecular weight excluding hydrogens is 248 g/mol. The van der Waals surface area contributed by atoms with E-state index in [0.717, 1.165) is 19.4 Å². The molecule has 0 aromatic rings. The number of carboxylic acids is 1. The number of hydrogen-bond donors (Lipinski definition) is 2. The van der Waals surface area contributed by atoms with Crippen LogP contribution >= 0.6 is 0 Å². The maximum atomic E-state index is 12.6. The van der Waals surface area contributed by atoms with E-state index < -0.39 is 5.97 Å². The van der Waals surface area contributed by atoms with Gasteiger partial charge in [-0.15, -0.1) is 0 Å². The summed E-state index contributed by atoms with van der Waals surface area (Å²) in [6.45, 7) is 4.22. The van der Waals surface area contributed by atoms with Crippen LogP contribution in [0.3, 0.4) is 0 Å². The average Bonchev–Trinajstić information content (AvgIpc) is 2.38. The van der Waals surface area contributed by atoms with Gasteiger partial charge in [0.15, 0.2) is 0 Å². The van der Waals surface area contributed by atoms with Gasteiger partial charge in [-0.05, 0) is 25.3 Å². The van der Waals surface area contributed by atoms with Gasteiger partial charge in [-0.1, -0.05) is 6.92 Å². The maximum Gasteiger partial charge on any atom is 0.305 e. The molecule has 108 valence electrons. The van der Waals surface area contributed by atoms with Crippen LogP contribution in [0.1, 0.15) is 26.2 Å². The number of carbonyl (C=O) groups is 2. The molecule has 0 bridgehead atoms. The van der Waals surface area contributed by atoms with Crippen LogP contribution in [0.25, 0.3) is 0 Å². The first-order chi connectivity index (χ1) is 9.09. The smallest absolute Gasteiger partial charge is 0.305 e. The molecule has 2 aliphatic heterocycles. The second kappa shape index (κ2) is 6.34. The number of amides is 1. The number of aliphatic carboxylic acids is 1. The van der Waals surface area contributed by atoms with E-state index in [1.807, 2.05) is 0 Å². The first kappa shape index (κ1) is 14.3. The van der Waals surface area contributed by atoms with Gasteiger partial charge in [-0.25, -0.2) is 0 Å². The molecule has 2 aliphatic rings. The molecule has 0 radical (unpaired) electrons. The van der Waals surface area contributed by atoms with Crippen LogP contribution in [-0.2, 0) is 14.3 Å². The largest absolute Gasteiger partial charge is 0.481 e. The lowest BCUT2D eigenvalue weighted by Crippen LogP contribution is -2.58. The molecule has 0 spiro atoms. The van der Waals surface area contributed by atoms with Gasteiger partial charge in [0.25, 0.3) is 0 Å². The SMILES string of the molecule is CC1CCCNC1C(=O)N1CCOCC1CC(=O)O. The van der Waals surface area contributed by atoms with Crippen LogP contribution in [0, 0.1) is 5.92 Å². The Morgan fingerprint density at radius 2 is 2.26 bits per heavy atom. The van der Waals surface area contributed by atoms with Gasteiger partial charge in [-0.3, -0.25) is 9.59 Å². The Balaban J connectivity index is 2.03. The van der Waals surface area contributed by atoms with Crippen LogP contribution in [0.2, 0.25) is 0 Å². The summed E-state index contributed by atoms with van der Waals surface area (Å²) in [6.07, 6.45) is 2.08. The van der Waals surface area contributed by atoms with Crippen molar-refractivity contribution >= 4 is 11.9 Å². The van der Waals surface area contributed by atoms with E-state index in [1.165, 1.54) is 0 Å². The van der Waals surface area contributed by atoms with Gasteiger partial charge >= 0.3 is 5.97 Å². The Labute approximate surface area is 113 Å². The van der Waals surface area contributed by atoms with E-state index in [9.17, 15) is 9.59 Å². The van der Waals surface area contributed by atoms with E-state index in [1.54, 1.807) is 4.90 Å². The van der Waals surface area contributed by atoms with E-state index in [2.05, 4.69) is 12.2 Å². The van der Waals surface area contributed by atoms with E-state index in [0.29, 0.717) is 25.7 Å². The summed E-state index contributed by atoms with van der Waals surface area (Å²) in [7, 11) is 0. The number of morpholine rings is 1. The van der Waals surface area contributed by atoms with Crippen molar-refractivity contribution in [3.05, 3.63) is 0 Å². The standard InChI is InChI=1S/C13H22N2O4/c1-9-3-2-4-14-12(9)13(18)15-5-6-19-8-10(15)7-11(16)17/h9-10,12,14H,2-8H2,1H3,(H,16,17). The second-order valence-corrected chi connectivity index (χ2v) is 5.41. The zero-order valence-electron chi connectivity index (χ0n) is 11.3. The normalized spacial score (nSPS) is 32.1. The zero-order chi connectivity index (χ0) is 13.8. The fourth-order valence-corrected chi connectivity index (χ4v) is 2.87. The lowest BCUT2D eigenvalue weighted by atomic mass is 9.91. The number of nitrogens with zero attached hydrogens (tertiary/aromatic N) is 1. The Hall–Kier alpha value is -1.14. The highest BCUT2D eigenvalue weighted by Gasteiger charge is 2.36. The third-order valence-electron chi connectivity index (χ3n) is 3.96. The predicted molar refractivity (Wildman–Crippen MR) is 68.8 cm³/mol. The molecular formula is C13H22N2O4. The van der Waals surface area contributed by atoms with Crippen molar-refractivity contribution in [1.29, 1.82) is 0 Å². The summed E-state index contributed by atoms with van der Waals surface area (Å²) >= 11 is 0. The number of carboxylic acid groups (broad SMARTS) is 1. The van der Waals surface area contributed by atoms with Crippen molar-refractivity contribution in [2.24, 2.45) is 5.92 Å². The molecule has 19 heavy (non-hydrogen) atoms. The molecule has 6 nitrogen and oxygen atoms in total.